The summed E-state index contributed by atoms with van der Waals surface area (Å²) >= 11 is 3.41. The first-order valence-electron chi connectivity index (χ1n) is 3.80. The van der Waals surface area contributed by atoms with Crippen LogP contribution in [0.2, 0.25) is 0 Å². The molecule has 0 amide bonds. The zero-order valence-electron chi connectivity index (χ0n) is 7.21. The van der Waals surface area contributed by atoms with Crippen LogP contribution in [0.1, 0.15) is 16.5 Å². The van der Waals surface area contributed by atoms with Crippen LogP contribution in [-0.4, -0.2) is 17.8 Å². The number of rotatable bonds is 0. The fourth-order valence-electron chi connectivity index (χ4n) is 1.23. The highest BCUT2D eigenvalue weighted by molar-refractivity contribution is 14.1. The second kappa shape index (κ2) is 3.20. The lowest BCUT2D eigenvalue weighted by molar-refractivity contribution is 0.493. The summed E-state index contributed by atoms with van der Waals surface area (Å²) in [5.41, 5.74) is 1.51. The maximum atomic E-state index is 13.2. The highest BCUT2D eigenvalue weighted by Crippen LogP contribution is 2.42. The van der Waals surface area contributed by atoms with E-state index in [9.17, 15) is 4.39 Å². The maximum Gasteiger partial charge on any atom is 0.202 e. The quantitative estimate of drug-likeness (QED) is 0.408. The number of aliphatic imine (C=N–C) groups is 1. The summed E-state index contributed by atoms with van der Waals surface area (Å²) in [6, 6.07) is 0. The van der Waals surface area contributed by atoms with Gasteiger partial charge in [0.2, 0.25) is 5.13 Å². The number of hydrogen-bond donors (Lipinski definition) is 0. The van der Waals surface area contributed by atoms with Crippen molar-refractivity contribution in [2.24, 2.45) is 4.99 Å². The molecule has 1 aromatic rings. The van der Waals surface area contributed by atoms with Gasteiger partial charge in [-0.05, 0) is 6.92 Å². The molecule has 0 radical (unpaired) electrons. The predicted molar refractivity (Wildman–Crippen MR) is 61.6 cm³/mol. The summed E-state index contributed by atoms with van der Waals surface area (Å²) in [6.45, 7) is 1.89. The molecule has 0 N–H and O–H groups in total. The van der Waals surface area contributed by atoms with E-state index in [1.807, 2.05) is 24.3 Å². The normalized spacial score (nSPS) is 21.4. The molecule has 70 valence electrons. The Labute approximate surface area is 93.6 Å². The SMILES string of the molecule is CC1=Nc2c(csc2F)C(I)N1C. The average Bonchev–Trinajstić information content (AvgIpc) is 2.45. The standard InChI is InChI=1S/C8H8FIN2S/c1-4-11-6-5(3-13-7(6)9)8(10)12(4)2/h3,8H,1-2H3. The maximum absolute atomic E-state index is 13.2. The fraction of sp³-hybridized carbons (Fsp3) is 0.375. The topological polar surface area (TPSA) is 15.6 Å². The Hall–Kier alpha value is -0.170. The van der Waals surface area contributed by atoms with Crippen molar-refractivity contribution >= 4 is 45.5 Å². The van der Waals surface area contributed by atoms with Crippen LogP contribution in [0.3, 0.4) is 0 Å². The van der Waals surface area contributed by atoms with Gasteiger partial charge >= 0.3 is 0 Å². The highest BCUT2D eigenvalue weighted by Gasteiger charge is 2.26. The molecule has 5 heteroatoms. The van der Waals surface area contributed by atoms with Crippen LogP contribution in [0.5, 0.6) is 0 Å². The van der Waals surface area contributed by atoms with E-state index >= 15 is 0 Å². The van der Waals surface area contributed by atoms with Gasteiger partial charge in [-0.3, -0.25) is 0 Å². The van der Waals surface area contributed by atoms with Crippen LogP contribution in [-0.2, 0) is 0 Å². The van der Waals surface area contributed by atoms with Gasteiger partial charge in [0.15, 0.2) is 0 Å². The minimum atomic E-state index is -0.177. The van der Waals surface area contributed by atoms with Gasteiger partial charge in [0.05, 0.1) is 0 Å². The highest BCUT2D eigenvalue weighted by atomic mass is 127. The molecule has 13 heavy (non-hydrogen) atoms. The lowest BCUT2D eigenvalue weighted by atomic mass is 10.2. The molecule has 1 aromatic heterocycles. The van der Waals surface area contributed by atoms with Gasteiger partial charge in [0.1, 0.15) is 15.6 Å². The molecular formula is C8H8FIN2S. The number of fused-ring (bicyclic) bond motifs is 1. The Morgan fingerprint density at radius 2 is 2.38 bits per heavy atom. The number of halogens is 2. The Balaban J connectivity index is 2.58. The fourth-order valence-corrected chi connectivity index (χ4v) is 3.10. The third kappa shape index (κ3) is 1.38. The first-order valence-corrected chi connectivity index (χ1v) is 5.93. The Morgan fingerprint density at radius 1 is 1.69 bits per heavy atom. The predicted octanol–water partition coefficient (Wildman–Crippen LogP) is 3.32. The van der Waals surface area contributed by atoms with E-state index in [2.05, 4.69) is 27.6 Å². The largest absolute Gasteiger partial charge is 0.347 e. The average molecular weight is 310 g/mol. The Morgan fingerprint density at radius 3 is 3.08 bits per heavy atom. The second-order valence-electron chi connectivity index (χ2n) is 2.92. The molecule has 0 aliphatic carbocycles. The smallest absolute Gasteiger partial charge is 0.202 e. The molecule has 1 aliphatic heterocycles. The zero-order valence-corrected chi connectivity index (χ0v) is 10.2. The van der Waals surface area contributed by atoms with Crippen molar-refractivity contribution in [1.29, 1.82) is 0 Å². The van der Waals surface area contributed by atoms with Crippen molar-refractivity contribution in [3.63, 3.8) is 0 Å². The minimum absolute atomic E-state index is 0.177. The van der Waals surface area contributed by atoms with Crippen LogP contribution in [0.15, 0.2) is 10.4 Å². The van der Waals surface area contributed by atoms with E-state index < -0.39 is 0 Å². The number of thiophene rings is 1. The van der Waals surface area contributed by atoms with E-state index in [-0.39, 0.29) is 9.18 Å². The van der Waals surface area contributed by atoms with Crippen molar-refractivity contribution in [3.05, 3.63) is 16.1 Å². The van der Waals surface area contributed by atoms with Crippen molar-refractivity contribution in [3.8, 4) is 0 Å². The number of nitrogens with zero attached hydrogens (tertiary/aromatic N) is 2. The molecule has 0 spiro atoms. The van der Waals surface area contributed by atoms with E-state index in [1.54, 1.807) is 0 Å². The molecule has 0 saturated carbocycles. The summed E-state index contributed by atoms with van der Waals surface area (Å²) < 4.78 is 13.4. The minimum Gasteiger partial charge on any atom is -0.347 e. The lowest BCUT2D eigenvalue weighted by Crippen LogP contribution is -2.27. The second-order valence-corrected chi connectivity index (χ2v) is 4.93. The molecule has 0 saturated heterocycles. The van der Waals surface area contributed by atoms with Gasteiger partial charge in [-0.15, -0.1) is 11.3 Å². The molecule has 2 rings (SSSR count). The summed E-state index contributed by atoms with van der Waals surface area (Å²) in [7, 11) is 1.97. The third-order valence-electron chi connectivity index (χ3n) is 2.13. The molecule has 2 nitrogen and oxygen atoms in total. The summed E-state index contributed by atoms with van der Waals surface area (Å²) in [5, 5.41) is 1.66. The summed E-state index contributed by atoms with van der Waals surface area (Å²) in [6.07, 6.45) is 0. The van der Waals surface area contributed by atoms with Crippen LogP contribution >= 0.6 is 33.9 Å². The van der Waals surface area contributed by atoms with Gasteiger partial charge < -0.3 is 4.90 Å². The molecule has 0 fully saturated rings. The molecule has 1 unspecified atom stereocenters. The molecule has 0 bridgehead atoms. The zero-order chi connectivity index (χ0) is 9.59. The van der Waals surface area contributed by atoms with Gasteiger partial charge in [-0.25, -0.2) is 4.99 Å². The Bertz CT molecular complexity index is 374. The van der Waals surface area contributed by atoms with Crippen molar-refractivity contribution in [1.82, 2.24) is 4.90 Å². The van der Waals surface area contributed by atoms with E-state index in [0.717, 1.165) is 22.7 Å². The van der Waals surface area contributed by atoms with Gasteiger partial charge in [0.25, 0.3) is 0 Å². The summed E-state index contributed by atoms with van der Waals surface area (Å²) in [4.78, 5) is 6.25. The number of hydrogen-bond acceptors (Lipinski definition) is 3. The molecule has 0 aromatic carbocycles. The van der Waals surface area contributed by atoms with Gasteiger partial charge in [-0.1, -0.05) is 22.6 Å². The van der Waals surface area contributed by atoms with Crippen LogP contribution < -0.4 is 0 Å². The van der Waals surface area contributed by atoms with Crippen LogP contribution in [0.4, 0.5) is 10.1 Å². The van der Waals surface area contributed by atoms with Gasteiger partial charge in [-0.2, -0.15) is 4.39 Å². The summed E-state index contributed by atoms with van der Waals surface area (Å²) in [5.74, 6) is 0.865. The monoisotopic (exact) mass is 310 g/mol. The number of alkyl halides is 1. The molecule has 1 aliphatic rings. The molecule has 1 atom stereocenters. The number of amidine groups is 1. The first-order chi connectivity index (χ1) is 6.11. The van der Waals surface area contributed by atoms with E-state index in [1.165, 1.54) is 0 Å². The van der Waals surface area contributed by atoms with Crippen LogP contribution in [0.25, 0.3) is 0 Å². The third-order valence-corrected chi connectivity index (χ3v) is 4.41. The van der Waals surface area contributed by atoms with Crippen LogP contribution in [0, 0.1) is 5.13 Å². The van der Waals surface area contributed by atoms with Crippen molar-refractivity contribution in [2.75, 3.05) is 7.05 Å². The van der Waals surface area contributed by atoms with E-state index in [0.29, 0.717) is 5.69 Å². The van der Waals surface area contributed by atoms with Crippen molar-refractivity contribution < 1.29 is 4.39 Å². The first kappa shape index (κ1) is 9.39. The van der Waals surface area contributed by atoms with Crippen molar-refractivity contribution in [2.45, 2.75) is 11.0 Å². The lowest BCUT2D eigenvalue weighted by Gasteiger charge is -2.28. The molecular weight excluding hydrogens is 302 g/mol. The van der Waals surface area contributed by atoms with Gasteiger partial charge in [0, 0.05) is 18.0 Å². The molecule has 2 heterocycles. The Kier molecular flexibility index (Phi) is 2.31. The van der Waals surface area contributed by atoms with E-state index in [4.69, 9.17) is 0 Å².